The molecule has 0 N–H and O–H groups in total. The maximum absolute atomic E-state index is 12.9. The van der Waals surface area contributed by atoms with Gasteiger partial charge < -0.3 is 0 Å². The zero-order valence-electron chi connectivity index (χ0n) is 13.4. The molecule has 0 aliphatic rings. The molecule has 1 unspecified atom stereocenters. The molecule has 0 aromatic heterocycles. The van der Waals surface area contributed by atoms with Gasteiger partial charge in [0.2, 0.25) is 0 Å². The molecule has 1 rings (SSSR count). The molecule has 1 aromatic rings. The van der Waals surface area contributed by atoms with E-state index in [4.69, 9.17) is 0 Å². The maximum Gasteiger partial charge on any atom is 0.417 e. The Morgan fingerprint density at radius 1 is 1.09 bits per heavy atom. The lowest BCUT2D eigenvalue weighted by atomic mass is 9.89. The van der Waals surface area contributed by atoms with Gasteiger partial charge in [0, 0.05) is 5.56 Å². The average molecular weight is 314 g/mol. The van der Waals surface area contributed by atoms with Crippen molar-refractivity contribution in [2.45, 2.75) is 70.9 Å². The minimum atomic E-state index is -4.48. The summed E-state index contributed by atoms with van der Waals surface area (Å²) in [6, 6.07) is 4.01. The number of rotatable bonds is 9. The lowest BCUT2D eigenvalue weighted by Gasteiger charge is -2.18. The molecule has 0 saturated carbocycles. The molecule has 124 valence electrons. The van der Waals surface area contributed by atoms with Crippen LogP contribution in [0.2, 0.25) is 0 Å². The number of carbonyl (C=O) groups excluding carboxylic acids is 1. The smallest absolute Gasteiger partial charge is 0.298 e. The van der Waals surface area contributed by atoms with E-state index < -0.39 is 11.7 Å². The fourth-order valence-electron chi connectivity index (χ4n) is 2.78. The first kappa shape index (κ1) is 18.7. The second-order valence-electron chi connectivity index (χ2n) is 5.88. The summed E-state index contributed by atoms with van der Waals surface area (Å²) in [5, 5.41) is 0. The van der Waals surface area contributed by atoms with Gasteiger partial charge in [0.1, 0.15) is 0 Å². The van der Waals surface area contributed by atoms with Crippen molar-refractivity contribution >= 4 is 6.29 Å². The van der Waals surface area contributed by atoms with Crippen molar-refractivity contribution in [2.75, 3.05) is 0 Å². The van der Waals surface area contributed by atoms with Gasteiger partial charge in [-0.05, 0) is 24.0 Å². The number of hydrogen-bond acceptors (Lipinski definition) is 1. The third kappa shape index (κ3) is 5.47. The third-order valence-corrected chi connectivity index (χ3v) is 4.08. The number of halogens is 3. The number of hydrogen-bond donors (Lipinski definition) is 0. The predicted molar refractivity (Wildman–Crippen MR) is 83.2 cm³/mol. The van der Waals surface area contributed by atoms with Crippen LogP contribution in [0, 0.1) is 0 Å². The second kappa shape index (κ2) is 8.96. The van der Waals surface area contributed by atoms with Crippen LogP contribution >= 0.6 is 0 Å². The molecule has 0 saturated heterocycles. The van der Waals surface area contributed by atoms with Gasteiger partial charge in [-0.2, -0.15) is 13.2 Å². The Labute approximate surface area is 130 Å². The first-order valence-corrected chi connectivity index (χ1v) is 8.07. The molecule has 0 aliphatic heterocycles. The zero-order valence-corrected chi connectivity index (χ0v) is 13.4. The predicted octanol–water partition coefficient (Wildman–Crippen LogP) is 6.37. The highest BCUT2D eigenvalue weighted by atomic mass is 19.4. The van der Waals surface area contributed by atoms with Crippen LogP contribution in [0.25, 0.3) is 0 Å². The maximum atomic E-state index is 12.9. The van der Waals surface area contributed by atoms with Crippen LogP contribution in [-0.2, 0) is 6.18 Å². The van der Waals surface area contributed by atoms with E-state index in [1.165, 1.54) is 31.7 Å². The Bertz CT molecular complexity index is 466. The first-order chi connectivity index (χ1) is 10.4. The van der Waals surface area contributed by atoms with Gasteiger partial charge >= 0.3 is 6.18 Å². The first-order valence-electron chi connectivity index (χ1n) is 8.07. The summed E-state index contributed by atoms with van der Waals surface area (Å²) in [4.78, 5) is 11.1. The van der Waals surface area contributed by atoms with Crippen LogP contribution in [0.3, 0.4) is 0 Å². The molecule has 22 heavy (non-hydrogen) atoms. The van der Waals surface area contributed by atoms with Crippen molar-refractivity contribution in [3.05, 3.63) is 34.9 Å². The number of benzene rings is 1. The highest BCUT2D eigenvalue weighted by Gasteiger charge is 2.34. The van der Waals surface area contributed by atoms with Gasteiger partial charge in [-0.15, -0.1) is 0 Å². The lowest BCUT2D eigenvalue weighted by Crippen LogP contribution is -2.12. The third-order valence-electron chi connectivity index (χ3n) is 4.08. The average Bonchev–Trinajstić information content (AvgIpc) is 2.48. The molecule has 0 heterocycles. The zero-order chi connectivity index (χ0) is 16.6. The van der Waals surface area contributed by atoms with Crippen LogP contribution in [0.1, 0.15) is 86.2 Å². The monoisotopic (exact) mass is 314 g/mol. The summed E-state index contributed by atoms with van der Waals surface area (Å²) in [6.07, 6.45) is 3.58. The molecular formula is C18H25F3O. The SMILES string of the molecule is CCCCCCCCC(C)c1cccc(C(F)(F)F)c1C=O. The summed E-state index contributed by atoms with van der Waals surface area (Å²) in [7, 11) is 0. The van der Waals surface area contributed by atoms with Gasteiger partial charge in [-0.25, -0.2) is 0 Å². The normalized spacial score (nSPS) is 13.1. The van der Waals surface area contributed by atoms with E-state index in [2.05, 4.69) is 6.92 Å². The summed E-state index contributed by atoms with van der Waals surface area (Å²) < 4.78 is 38.8. The van der Waals surface area contributed by atoms with Crippen LogP contribution < -0.4 is 0 Å². The Hall–Kier alpha value is -1.32. The van der Waals surface area contributed by atoms with E-state index in [-0.39, 0.29) is 11.5 Å². The molecule has 0 amide bonds. The van der Waals surface area contributed by atoms with Crippen molar-refractivity contribution in [2.24, 2.45) is 0 Å². The summed E-state index contributed by atoms with van der Waals surface area (Å²) >= 11 is 0. The highest BCUT2D eigenvalue weighted by molar-refractivity contribution is 5.80. The van der Waals surface area contributed by atoms with Crippen LogP contribution in [0.15, 0.2) is 18.2 Å². The Balaban J connectivity index is 2.69. The van der Waals surface area contributed by atoms with Crippen molar-refractivity contribution in [1.82, 2.24) is 0 Å². The highest BCUT2D eigenvalue weighted by Crippen LogP contribution is 2.35. The fraction of sp³-hybridized carbons (Fsp3) is 0.611. The van der Waals surface area contributed by atoms with Gasteiger partial charge in [-0.1, -0.05) is 64.5 Å². The molecule has 0 spiro atoms. The number of aldehydes is 1. The standard InChI is InChI=1S/C18H25F3O/c1-3-4-5-6-7-8-10-14(2)15-11-9-12-17(16(15)13-22)18(19,20)21/h9,11-14H,3-8,10H2,1-2H3. The van der Waals surface area contributed by atoms with Crippen LogP contribution in [0.4, 0.5) is 13.2 Å². The molecule has 0 aliphatic carbocycles. The van der Waals surface area contributed by atoms with Crippen molar-refractivity contribution in [1.29, 1.82) is 0 Å². The van der Waals surface area contributed by atoms with Crippen molar-refractivity contribution < 1.29 is 18.0 Å². The largest absolute Gasteiger partial charge is 0.417 e. The molecule has 4 heteroatoms. The Kier molecular flexibility index (Phi) is 7.63. The van der Waals surface area contributed by atoms with Crippen LogP contribution in [-0.4, -0.2) is 6.29 Å². The van der Waals surface area contributed by atoms with Crippen molar-refractivity contribution in [3.8, 4) is 0 Å². The molecule has 1 aromatic carbocycles. The number of unbranched alkanes of at least 4 members (excludes halogenated alkanes) is 5. The van der Waals surface area contributed by atoms with E-state index in [0.717, 1.165) is 25.3 Å². The summed E-state index contributed by atoms with van der Waals surface area (Å²) in [5.74, 6) is -0.0336. The van der Waals surface area contributed by atoms with E-state index in [9.17, 15) is 18.0 Å². The Morgan fingerprint density at radius 3 is 2.32 bits per heavy atom. The minimum Gasteiger partial charge on any atom is -0.298 e. The van der Waals surface area contributed by atoms with Gasteiger partial charge in [0.15, 0.2) is 6.29 Å². The molecule has 0 radical (unpaired) electrons. The molecule has 0 bridgehead atoms. The topological polar surface area (TPSA) is 17.1 Å². The molecule has 1 nitrogen and oxygen atoms in total. The molecular weight excluding hydrogens is 289 g/mol. The Morgan fingerprint density at radius 2 is 1.73 bits per heavy atom. The fourth-order valence-corrected chi connectivity index (χ4v) is 2.78. The van der Waals surface area contributed by atoms with E-state index in [0.29, 0.717) is 11.8 Å². The van der Waals surface area contributed by atoms with Crippen LogP contribution in [0.5, 0.6) is 0 Å². The number of alkyl halides is 3. The van der Waals surface area contributed by atoms with Gasteiger partial charge in [0.25, 0.3) is 0 Å². The summed E-state index contributed by atoms with van der Waals surface area (Å²) in [5.41, 5.74) is -0.512. The molecule has 0 fully saturated rings. The van der Waals surface area contributed by atoms with Gasteiger partial charge in [0.05, 0.1) is 5.56 Å². The van der Waals surface area contributed by atoms with Crippen molar-refractivity contribution in [3.63, 3.8) is 0 Å². The summed E-state index contributed by atoms with van der Waals surface area (Å²) in [6.45, 7) is 4.06. The second-order valence-corrected chi connectivity index (χ2v) is 5.88. The molecule has 1 atom stereocenters. The quantitative estimate of drug-likeness (QED) is 0.382. The van der Waals surface area contributed by atoms with E-state index in [1.807, 2.05) is 6.92 Å². The van der Waals surface area contributed by atoms with E-state index in [1.54, 1.807) is 6.07 Å². The van der Waals surface area contributed by atoms with E-state index >= 15 is 0 Å². The lowest BCUT2D eigenvalue weighted by molar-refractivity contribution is -0.137. The minimum absolute atomic E-state index is 0.0336. The van der Waals surface area contributed by atoms with Gasteiger partial charge in [-0.3, -0.25) is 4.79 Å². The number of carbonyl (C=O) groups is 1.